The minimum Gasteiger partial charge on any atom is -0.339 e. The molecule has 9 aromatic carbocycles. The van der Waals surface area contributed by atoms with Crippen LogP contribution in [-0.2, 0) is 47.6 Å². The molecule has 2 unspecified atom stereocenters. The van der Waals surface area contributed by atoms with Gasteiger partial charge in [-0.15, -0.1) is 0 Å². The molecule has 2 aliphatic carbocycles. The number of anilines is 2. The number of allylic oxidation sites excluding steroid dienone is 8. The summed E-state index contributed by atoms with van der Waals surface area (Å²) in [6, 6.07) is 78.1. The average Bonchev–Trinajstić information content (AvgIpc) is 1.65. The van der Waals surface area contributed by atoms with Crippen molar-refractivity contribution in [2.24, 2.45) is 0 Å². The highest BCUT2D eigenvalue weighted by Gasteiger charge is 2.52. The highest BCUT2D eigenvalue weighted by Crippen LogP contribution is 2.56. The van der Waals surface area contributed by atoms with Crippen LogP contribution in [0.2, 0.25) is 0 Å². The lowest BCUT2D eigenvalue weighted by Gasteiger charge is -2.32. The summed E-state index contributed by atoms with van der Waals surface area (Å²) in [4.78, 5) is 5.38. The lowest BCUT2D eigenvalue weighted by Crippen LogP contribution is -2.36. The second kappa shape index (κ2) is 21.7. The van der Waals surface area contributed by atoms with Gasteiger partial charge in [-0.3, -0.25) is 0 Å². The molecule has 2 saturated carbocycles. The zero-order valence-electron chi connectivity index (χ0n) is 50.8. The molecule has 15 rings (SSSR count). The Kier molecular flexibility index (Phi) is 13.7. The van der Waals surface area contributed by atoms with Crippen molar-refractivity contribution in [1.82, 2.24) is 0 Å². The summed E-state index contributed by atoms with van der Waals surface area (Å²) in [6.07, 6.45) is 29.1. The maximum Gasteiger partial charge on any atom is 0.209 e. The summed E-state index contributed by atoms with van der Waals surface area (Å²) in [7, 11) is 4.59. The lowest BCUT2D eigenvalue weighted by atomic mass is 9.67. The zero-order valence-corrected chi connectivity index (χ0v) is 50.8. The van der Waals surface area contributed by atoms with Crippen molar-refractivity contribution in [3.8, 4) is 0 Å². The fourth-order valence-corrected chi connectivity index (χ4v) is 17.4. The molecule has 0 amide bonds. The molecule has 0 bridgehead atoms. The van der Waals surface area contributed by atoms with E-state index in [9.17, 15) is 0 Å². The van der Waals surface area contributed by atoms with Crippen LogP contribution in [0, 0.1) is 0 Å². The Morgan fingerprint density at radius 2 is 0.744 bits per heavy atom. The molecule has 426 valence electrons. The first-order chi connectivity index (χ1) is 42.2. The first-order valence-electron chi connectivity index (χ1n) is 32.1. The normalized spacial score (nSPS) is 22.0. The van der Waals surface area contributed by atoms with Gasteiger partial charge in [0.05, 0.1) is 22.2 Å². The first-order valence-corrected chi connectivity index (χ1v) is 32.1. The van der Waals surface area contributed by atoms with Crippen LogP contribution in [0.25, 0.3) is 21.5 Å². The SMILES string of the molecule is C[N+]1=C(C=CC=C2N(Cc3ccc(CN4C(=CC=CC5=[N+](C)c6ccccc6C56CCCCC6)C(C)(Cc5ccccc5)c5ccc6ccccc6c54)cc3)c3c(ccc4ccccc34)C2(C)Cc2ccccc2)C2(CCCCC2)c2ccccc21. The van der Waals surface area contributed by atoms with Crippen LogP contribution in [0.4, 0.5) is 22.7 Å². The molecule has 9 aromatic rings. The van der Waals surface area contributed by atoms with Gasteiger partial charge in [-0.1, -0.05) is 245 Å². The van der Waals surface area contributed by atoms with Crippen LogP contribution in [0.5, 0.6) is 0 Å². The molecule has 4 aliphatic heterocycles. The van der Waals surface area contributed by atoms with Gasteiger partial charge in [-0.25, -0.2) is 0 Å². The van der Waals surface area contributed by atoms with Crippen molar-refractivity contribution in [2.75, 3.05) is 23.9 Å². The van der Waals surface area contributed by atoms with Crippen LogP contribution in [0.15, 0.2) is 254 Å². The fourth-order valence-electron chi connectivity index (χ4n) is 17.4. The van der Waals surface area contributed by atoms with E-state index in [0.717, 1.165) is 25.9 Å². The first kappa shape index (κ1) is 54.1. The Hall–Kier alpha value is -8.60. The van der Waals surface area contributed by atoms with Gasteiger partial charge in [0.25, 0.3) is 0 Å². The minimum atomic E-state index is -0.301. The van der Waals surface area contributed by atoms with Crippen LogP contribution < -0.4 is 9.80 Å². The Labute approximate surface area is 510 Å². The number of nitrogens with zero attached hydrogens (tertiary/aromatic N) is 4. The monoisotopic (exact) mass is 1120 g/mol. The standard InChI is InChI=1S/C82H80N4/c1-79(55-59-27-9-5-10-28-59)69-49-47-63-31-13-15-33-65(63)77(69)85(73(79)39-25-41-75-81(51-21-7-22-52-81)67-35-17-19-37-71(67)83(75)3)57-61-43-45-62(46-44-61)58-86-74(40-26-42-76-82(53-23-8-24-54-82)68-36-18-20-38-72(68)84(76)4)80(2,56-60-29-11-6-12-30-60)70-50-48-64-32-14-16-34-66(64)78(70)86/h5-6,9-20,25-50H,7-8,21-24,51-58H2,1-4H3/q+2. The predicted octanol–water partition coefficient (Wildman–Crippen LogP) is 19.2. The fraction of sp³-hybridized carbons (Fsp3) is 0.268. The van der Waals surface area contributed by atoms with Gasteiger partial charge >= 0.3 is 0 Å². The van der Waals surface area contributed by atoms with Crippen molar-refractivity contribution in [3.63, 3.8) is 0 Å². The number of fused-ring (bicyclic) bond motifs is 10. The maximum absolute atomic E-state index is 2.69. The largest absolute Gasteiger partial charge is 0.339 e. The van der Waals surface area contributed by atoms with E-state index >= 15 is 0 Å². The Balaban J connectivity index is 0.824. The number of para-hydroxylation sites is 2. The summed E-state index contributed by atoms with van der Waals surface area (Å²) in [5, 5.41) is 5.15. The summed E-state index contributed by atoms with van der Waals surface area (Å²) in [5.74, 6) is 0. The second-order valence-electron chi connectivity index (χ2n) is 26.4. The maximum atomic E-state index is 2.69. The Bertz CT molecular complexity index is 4020. The van der Waals surface area contributed by atoms with Gasteiger partial charge in [0.1, 0.15) is 14.1 Å². The summed E-state index contributed by atoms with van der Waals surface area (Å²) >= 11 is 0. The van der Waals surface area contributed by atoms with Gasteiger partial charge in [0, 0.05) is 81.5 Å². The average molecular weight is 1120 g/mol. The second-order valence-corrected chi connectivity index (χ2v) is 26.4. The van der Waals surface area contributed by atoms with E-state index in [0.29, 0.717) is 0 Å². The lowest BCUT2D eigenvalue weighted by molar-refractivity contribution is -0.401. The van der Waals surface area contributed by atoms with Crippen molar-refractivity contribution >= 4 is 55.7 Å². The van der Waals surface area contributed by atoms with E-state index in [4.69, 9.17) is 0 Å². The van der Waals surface area contributed by atoms with E-state index < -0.39 is 0 Å². The number of rotatable bonds is 12. The number of hydrogen-bond donors (Lipinski definition) is 0. The quantitative estimate of drug-likeness (QED) is 0.113. The van der Waals surface area contributed by atoms with Gasteiger partial charge in [-0.2, -0.15) is 9.15 Å². The van der Waals surface area contributed by atoms with E-state index in [1.807, 2.05) is 0 Å². The topological polar surface area (TPSA) is 12.5 Å². The predicted molar refractivity (Wildman–Crippen MR) is 360 cm³/mol. The third kappa shape index (κ3) is 8.83. The molecule has 2 atom stereocenters. The highest BCUT2D eigenvalue weighted by molar-refractivity contribution is 6.05. The van der Waals surface area contributed by atoms with Gasteiger partial charge in [-0.05, 0) is 109 Å². The van der Waals surface area contributed by atoms with E-state index in [1.54, 1.807) is 0 Å². The molecule has 4 nitrogen and oxygen atoms in total. The summed E-state index contributed by atoms with van der Waals surface area (Å²) < 4.78 is 4.99. The van der Waals surface area contributed by atoms with Crippen LogP contribution >= 0.6 is 0 Å². The van der Waals surface area contributed by atoms with Crippen molar-refractivity contribution < 1.29 is 9.15 Å². The minimum absolute atomic E-state index is 0.0526. The van der Waals surface area contributed by atoms with Gasteiger partial charge < -0.3 is 9.80 Å². The van der Waals surface area contributed by atoms with Crippen LogP contribution in [0.1, 0.15) is 123 Å². The third-order valence-electron chi connectivity index (χ3n) is 21.4. The number of benzene rings is 9. The molecular weight excluding hydrogens is 1040 g/mol. The van der Waals surface area contributed by atoms with E-state index in [2.05, 4.69) is 290 Å². The zero-order chi connectivity index (χ0) is 58.0. The molecule has 2 spiro atoms. The molecule has 4 heteroatoms. The molecule has 0 aromatic heterocycles. The summed E-state index contributed by atoms with van der Waals surface area (Å²) in [5.41, 5.74) is 21.5. The molecule has 0 saturated heterocycles. The molecule has 0 radical (unpaired) electrons. The molecule has 0 N–H and O–H groups in total. The van der Waals surface area contributed by atoms with Crippen molar-refractivity contribution in [2.45, 2.75) is 126 Å². The van der Waals surface area contributed by atoms with Crippen molar-refractivity contribution in [1.29, 1.82) is 0 Å². The smallest absolute Gasteiger partial charge is 0.209 e. The molecule has 86 heavy (non-hydrogen) atoms. The molecular formula is C82H80N4+2. The van der Waals surface area contributed by atoms with Crippen LogP contribution in [-0.4, -0.2) is 34.7 Å². The third-order valence-corrected chi connectivity index (χ3v) is 21.4. The van der Waals surface area contributed by atoms with Crippen LogP contribution in [0.3, 0.4) is 0 Å². The molecule has 6 aliphatic rings. The summed E-state index contributed by atoms with van der Waals surface area (Å²) in [6.45, 7) is 6.51. The van der Waals surface area contributed by atoms with Crippen molar-refractivity contribution in [3.05, 3.63) is 299 Å². The Morgan fingerprint density at radius 1 is 0.372 bits per heavy atom. The molecule has 4 heterocycles. The highest BCUT2D eigenvalue weighted by atomic mass is 15.2. The number of hydrogen-bond acceptors (Lipinski definition) is 2. The van der Waals surface area contributed by atoms with E-state index in [1.165, 1.54) is 176 Å². The van der Waals surface area contributed by atoms with Gasteiger partial charge in [0.15, 0.2) is 11.4 Å². The Morgan fingerprint density at radius 3 is 1.16 bits per heavy atom. The van der Waals surface area contributed by atoms with Gasteiger partial charge in [0.2, 0.25) is 11.4 Å². The van der Waals surface area contributed by atoms with E-state index in [-0.39, 0.29) is 21.7 Å². The molecule has 2 fully saturated rings.